The first-order valence-corrected chi connectivity index (χ1v) is 17.3. The van der Waals surface area contributed by atoms with Gasteiger partial charge in [-0.2, -0.15) is 0 Å². The minimum absolute atomic E-state index is 0.149. The van der Waals surface area contributed by atoms with Crippen LogP contribution in [0.5, 0.6) is 5.75 Å². The average molecular weight is 644 g/mol. The molecule has 2 fully saturated rings. The van der Waals surface area contributed by atoms with Crippen molar-refractivity contribution in [2.24, 2.45) is 17.3 Å². The van der Waals surface area contributed by atoms with E-state index in [1.54, 1.807) is 7.11 Å². The molecular weight excluding hydrogens is 590 g/mol. The fourth-order valence-electron chi connectivity index (χ4n) is 7.15. The highest BCUT2D eigenvalue weighted by molar-refractivity contribution is 6.31. The molecule has 0 spiro atoms. The number of rotatable bonds is 13. The summed E-state index contributed by atoms with van der Waals surface area (Å²) in [5.41, 5.74) is 1.47. The van der Waals surface area contributed by atoms with E-state index in [-0.39, 0.29) is 23.5 Å². The van der Waals surface area contributed by atoms with Crippen molar-refractivity contribution in [3.63, 3.8) is 0 Å². The third-order valence-corrected chi connectivity index (χ3v) is 10.3. The van der Waals surface area contributed by atoms with E-state index in [1.165, 1.54) is 0 Å². The largest absolute Gasteiger partial charge is 0.483 e. The number of halogens is 1. The van der Waals surface area contributed by atoms with Crippen LogP contribution in [0.25, 0.3) is 0 Å². The zero-order valence-corrected chi connectivity index (χ0v) is 28.5. The first-order chi connectivity index (χ1) is 21.6. The van der Waals surface area contributed by atoms with Gasteiger partial charge < -0.3 is 34.5 Å². The maximum absolute atomic E-state index is 13.0. The summed E-state index contributed by atoms with van der Waals surface area (Å²) in [6, 6.07) is 6.77. The molecular formula is C36H54ClN3O5. The summed E-state index contributed by atoms with van der Waals surface area (Å²) in [4.78, 5) is 15.4. The molecule has 4 aliphatic rings. The van der Waals surface area contributed by atoms with Gasteiger partial charge in [-0.25, -0.2) is 0 Å². The molecule has 2 unspecified atom stereocenters. The normalized spacial score (nSPS) is 27.4. The van der Waals surface area contributed by atoms with Gasteiger partial charge in [-0.05, 0) is 81.6 Å². The number of fused-ring (bicyclic) bond motifs is 1. The minimum Gasteiger partial charge on any atom is -0.483 e. The van der Waals surface area contributed by atoms with Gasteiger partial charge in [-0.1, -0.05) is 43.7 Å². The molecule has 0 bridgehead atoms. The molecule has 0 aromatic heterocycles. The molecule has 2 N–H and O–H groups in total. The molecule has 1 aliphatic carbocycles. The van der Waals surface area contributed by atoms with E-state index in [4.69, 9.17) is 30.5 Å². The van der Waals surface area contributed by atoms with Crippen LogP contribution in [-0.2, 0) is 25.6 Å². The van der Waals surface area contributed by atoms with Crippen LogP contribution in [0.2, 0.25) is 0 Å². The lowest BCUT2D eigenvalue weighted by atomic mass is 9.82. The summed E-state index contributed by atoms with van der Waals surface area (Å²) in [5, 5.41) is 7.66. The highest BCUT2D eigenvalue weighted by atomic mass is 35.5. The van der Waals surface area contributed by atoms with Gasteiger partial charge >= 0.3 is 0 Å². The van der Waals surface area contributed by atoms with E-state index >= 15 is 0 Å². The molecule has 3 heterocycles. The first kappa shape index (κ1) is 34.2. The number of ether oxygens (including phenoxy) is 4. The predicted octanol–water partition coefficient (Wildman–Crippen LogP) is 5.98. The number of benzene rings is 1. The topological polar surface area (TPSA) is 81.3 Å². The van der Waals surface area contributed by atoms with E-state index in [1.807, 2.05) is 6.08 Å². The number of nitrogens with one attached hydrogen (secondary N) is 2. The number of hydrogen-bond acceptors (Lipinski definition) is 7. The molecule has 1 aromatic rings. The van der Waals surface area contributed by atoms with Crippen molar-refractivity contribution in [1.29, 1.82) is 0 Å². The first-order valence-electron chi connectivity index (χ1n) is 17.0. The van der Waals surface area contributed by atoms with Gasteiger partial charge in [-0.15, -0.1) is 0 Å². The van der Waals surface area contributed by atoms with Crippen molar-refractivity contribution in [3.05, 3.63) is 47.0 Å². The lowest BCUT2D eigenvalue weighted by molar-refractivity contribution is -0.130. The van der Waals surface area contributed by atoms with Crippen molar-refractivity contribution in [2.75, 3.05) is 58.0 Å². The van der Waals surface area contributed by atoms with E-state index in [0.717, 1.165) is 113 Å². The molecule has 0 saturated carbocycles. The standard InChI is InChI=1S/C36H54ClN3O5/c1-35(2,34(41)39-22-26-13-17-43-18-14-26)21-30-10-11-31(23-38-30)44-24-27-9-12-33-32(19-27)40(15-6-16-42-4)25-36(3,45-33)28-7-5-8-29(37)20-28/h5,8-9,12,19-20,26,28,30-31,38H,6-7,10-11,13-18,21-25H2,1-4H3,(H,39,41)/t28?,30?,31-,36-/m1/s1. The smallest absolute Gasteiger partial charge is 0.225 e. The number of allylic oxidation sites excluding steroid dienone is 3. The monoisotopic (exact) mass is 643 g/mol. The second-order valence-corrected chi connectivity index (χ2v) is 14.7. The van der Waals surface area contributed by atoms with Crippen LogP contribution < -0.4 is 20.3 Å². The van der Waals surface area contributed by atoms with Crippen LogP contribution in [0.1, 0.15) is 71.3 Å². The lowest BCUT2D eigenvalue weighted by Crippen LogP contribution is -2.53. The van der Waals surface area contributed by atoms with Crippen LogP contribution in [0.3, 0.4) is 0 Å². The second-order valence-electron chi connectivity index (χ2n) is 14.3. The summed E-state index contributed by atoms with van der Waals surface area (Å²) in [5.74, 6) is 1.79. The van der Waals surface area contributed by atoms with Gasteiger partial charge in [0.2, 0.25) is 5.91 Å². The minimum atomic E-state index is -0.414. The van der Waals surface area contributed by atoms with Gasteiger partial charge in [0.05, 0.1) is 24.9 Å². The summed E-state index contributed by atoms with van der Waals surface area (Å²) in [6.45, 7) is 12.4. The zero-order valence-electron chi connectivity index (χ0n) is 27.7. The van der Waals surface area contributed by atoms with Crippen molar-refractivity contribution in [3.8, 4) is 5.75 Å². The summed E-state index contributed by atoms with van der Waals surface area (Å²) >= 11 is 6.39. The van der Waals surface area contributed by atoms with Gasteiger partial charge in [0.25, 0.3) is 0 Å². The van der Waals surface area contributed by atoms with E-state index < -0.39 is 5.41 Å². The van der Waals surface area contributed by atoms with Crippen LogP contribution in [-0.4, -0.2) is 76.8 Å². The zero-order chi connectivity index (χ0) is 31.9. The number of nitrogens with zero attached hydrogens (tertiary/aromatic N) is 1. The molecule has 250 valence electrons. The fraction of sp³-hybridized carbons (Fsp3) is 0.694. The van der Waals surface area contributed by atoms with Crippen molar-refractivity contribution in [1.82, 2.24) is 10.6 Å². The molecule has 45 heavy (non-hydrogen) atoms. The van der Waals surface area contributed by atoms with Crippen LogP contribution in [0.4, 0.5) is 5.69 Å². The maximum Gasteiger partial charge on any atom is 0.225 e. The van der Waals surface area contributed by atoms with Gasteiger partial charge in [-0.3, -0.25) is 4.79 Å². The van der Waals surface area contributed by atoms with E-state index in [2.05, 4.69) is 66.7 Å². The Morgan fingerprint density at radius 3 is 2.78 bits per heavy atom. The van der Waals surface area contributed by atoms with Crippen LogP contribution >= 0.6 is 11.6 Å². The molecule has 2 saturated heterocycles. The van der Waals surface area contributed by atoms with Gasteiger partial charge in [0.15, 0.2) is 0 Å². The number of hydrogen-bond donors (Lipinski definition) is 2. The van der Waals surface area contributed by atoms with Crippen molar-refractivity contribution >= 4 is 23.2 Å². The number of carbonyl (C=O) groups excluding carboxylic acids is 1. The Hall–Kier alpha value is -2.10. The lowest BCUT2D eigenvalue weighted by Gasteiger charge is -2.46. The number of methoxy groups -OCH3 is 1. The Kier molecular flexibility index (Phi) is 11.9. The Morgan fingerprint density at radius 1 is 1.22 bits per heavy atom. The molecule has 4 atom stereocenters. The number of anilines is 1. The molecule has 3 aliphatic heterocycles. The van der Waals surface area contributed by atoms with E-state index in [0.29, 0.717) is 18.6 Å². The maximum atomic E-state index is 13.0. The molecule has 1 aromatic carbocycles. The highest BCUT2D eigenvalue weighted by Gasteiger charge is 2.42. The van der Waals surface area contributed by atoms with E-state index in [9.17, 15) is 4.79 Å². The third kappa shape index (κ3) is 9.25. The predicted molar refractivity (Wildman–Crippen MR) is 180 cm³/mol. The molecule has 5 rings (SSSR count). The summed E-state index contributed by atoms with van der Waals surface area (Å²) in [6.07, 6.45) is 13.1. The SMILES string of the molecule is COCCCN1C[C@](C)(C2C=C(Cl)C=CC2)Oc2ccc(CO[C@@H]3CCC(CC(C)(C)C(=O)NCC4CCOCC4)NC3)cc21. The Balaban J connectivity index is 1.12. The summed E-state index contributed by atoms with van der Waals surface area (Å²) < 4.78 is 23.9. The third-order valence-electron chi connectivity index (χ3n) is 10.0. The Morgan fingerprint density at radius 2 is 2.04 bits per heavy atom. The number of carbonyl (C=O) groups is 1. The Labute approximate surface area is 275 Å². The van der Waals surface area contributed by atoms with Crippen molar-refractivity contribution in [2.45, 2.75) is 90.1 Å². The summed E-state index contributed by atoms with van der Waals surface area (Å²) in [7, 11) is 1.75. The second kappa shape index (κ2) is 15.7. The van der Waals surface area contributed by atoms with Crippen LogP contribution in [0, 0.1) is 17.3 Å². The van der Waals surface area contributed by atoms with Gasteiger partial charge in [0.1, 0.15) is 11.4 Å². The quantitative estimate of drug-likeness (QED) is 0.256. The number of amides is 1. The molecule has 9 heteroatoms. The average Bonchev–Trinajstić information content (AvgIpc) is 3.04. The highest BCUT2D eigenvalue weighted by Crippen LogP contribution is 2.43. The van der Waals surface area contributed by atoms with Crippen molar-refractivity contribution < 1.29 is 23.7 Å². The van der Waals surface area contributed by atoms with Gasteiger partial charge in [0, 0.05) is 69.0 Å². The van der Waals surface area contributed by atoms with Crippen LogP contribution in [0.15, 0.2) is 41.5 Å². The fourth-order valence-corrected chi connectivity index (χ4v) is 7.39. The number of piperidine rings is 1. The molecule has 8 nitrogen and oxygen atoms in total. The molecule has 1 amide bonds. The Bertz CT molecular complexity index is 1190. The molecule has 0 radical (unpaired) electrons.